The average Bonchev–Trinajstić information content (AvgIpc) is 3.22. The maximum absolute atomic E-state index is 14.3. The van der Waals surface area contributed by atoms with E-state index < -0.39 is 35.4 Å². The molecule has 0 aromatic heterocycles. The predicted octanol–water partition coefficient (Wildman–Crippen LogP) is 3.20. The number of likely N-dealkylation sites (tertiary alicyclic amines) is 1. The molecule has 1 aromatic carbocycles. The number of aliphatic hydroxyl groups is 1. The summed E-state index contributed by atoms with van der Waals surface area (Å²) in [6.07, 6.45) is 3.04. The van der Waals surface area contributed by atoms with Crippen molar-refractivity contribution in [3.8, 4) is 11.5 Å². The molecule has 11 nitrogen and oxygen atoms in total. The first-order valence-corrected chi connectivity index (χ1v) is 14.6. The fraction of sp³-hybridized carbons (Fsp3) is 0.531. The van der Waals surface area contributed by atoms with E-state index in [0.717, 1.165) is 11.1 Å². The van der Waals surface area contributed by atoms with Crippen LogP contribution in [0.5, 0.6) is 11.5 Å². The van der Waals surface area contributed by atoms with Gasteiger partial charge < -0.3 is 34.1 Å². The number of carboxylic acids is 1. The highest BCUT2D eigenvalue weighted by Crippen LogP contribution is 2.50. The number of hydrogen-bond donors (Lipinski definition) is 2. The molecule has 43 heavy (non-hydrogen) atoms. The number of benzene rings is 1. The van der Waals surface area contributed by atoms with Gasteiger partial charge in [-0.25, -0.2) is 0 Å². The maximum atomic E-state index is 14.3. The molecule has 3 atom stereocenters. The van der Waals surface area contributed by atoms with Crippen LogP contribution in [0, 0.1) is 11.3 Å². The summed E-state index contributed by atoms with van der Waals surface area (Å²) in [5, 5.41) is 19.7. The minimum atomic E-state index is -1.13. The Bertz CT molecular complexity index is 1390. The molecule has 1 aliphatic carbocycles. The third-order valence-electron chi connectivity index (χ3n) is 9.04. The number of methoxy groups -OCH3 is 2. The Morgan fingerprint density at radius 3 is 2.49 bits per heavy atom. The molecule has 3 heterocycles. The first-order chi connectivity index (χ1) is 20.5. The molecular formula is C32H40N2O9. The molecule has 232 valence electrons. The van der Waals surface area contributed by atoms with Crippen molar-refractivity contribution in [3.63, 3.8) is 0 Å². The lowest BCUT2D eigenvalue weighted by molar-refractivity contribution is -0.155. The lowest BCUT2D eigenvalue weighted by Crippen LogP contribution is -2.57. The summed E-state index contributed by atoms with van der Waals surface area (Å²) in [6.45, 7) is 6.24. The highest BCUT2D eigenvalue weighted by molar-refractivity contribution is 5.91. The summed E-state index contributed by atoms with van der Waals surface area (Å²) in [6, 6.07) is 5.02. The van der Waals surface area contributed by atoms with E-state index in [0.29, 0.717) is 54.5 Å². The van der Waals surface area contributed by atoms with Gasteiger partial charge in [-0.15, -0.1) is 0 Å². The highest BCUT2D eigenvalue weighted by Gasteiger charge is 2.50. The van der Waals surface area contributed by atoms with Crippen molar-refractivity contribution in [2.45, 2.75) is 58.1 Å². The molecule has 1 fully saturated rings. The third kappa shape index (κ3) is 5.46. The number of hydrogen-bond acceptors (Lipinski definition) is 8. The Morgan fingerprint density at radius 2 is 1.86 bits per heavy atom. The van der Waals surface area contributed by atoms with Crippen LogP contribution in [0.25, 0.3) is 0 Å². The number of allylic oxidation sites excluding steroid dienone is 2. The van der Waals surface area contributed by atoms with Crippen molar-refractivity contribution >= 4 is 17.8 Å². The van der Waals surface area contributed by atoms with Crippen LogP contribution in [-0.2, 0) is 23.9 Å². The largest absolute Gasteiger partial charge is 0.498 e. The zero-order valence-electron chi connectivity index (χ0n) is 25.3. The van der Waals surface area contributed by atoms with Crippen molar-refractivity contribution < 1.29 is 43.5 Å². The van der Waals surface area contributed by atoms with Crippen LogP contribution in [0.15, 0.2) is 53.1 Å². The molecule has 0 bridgehead atoms. The molecule has 0 radical (unpaired) electrons. The fourth-order valence-electron chi connectivity index (χ4n) is 6.35. The zero-order valence-corrected chi connectivity index (χ0v) is 25.3. The molecule has 0 unspecified atom stereocenters. The number of piperidine rings is 1. The van der Waals surface area contributed by atoms with Crippen molar-refractivity contribution in [1.82, 2.24) is 9.80 Å². The van der Waals surface area contributed by atoms with Crippen LogP contribution in [0.4, 0.5) is 0 Å². The highest BCUT2D eigenvalue weighted by atomic mass is 16.5. The number of para-hydroxylation sites is 1. The van der Waals surface area contributed by atoms with Crippen molar-refractivity contribution in [2.75, 3.05) is 40.5 Å². The molecule has 2 N–H and O–H groups in total. The van der Waals surface area contributed by atoms with Crippen LogP contribution >= 0.6 is 0 Å². The van der Waals surface area contributed by atoms with E-state index in [2.05, 4.69) is 0 Å². The Morgan fingerprint density at radius 1 is 1.14 bits per heavy atom. The van der Waals surface area contributed by atoms with Gasteiger partial charge in [0.05, 0.1) is 57.1 Å². The second-order valence-corrected chi connectivity index (χ2v) is 12.2. The SMILES string of the molecule is COc1cccc([C@@H]2C=C(C)C3=COC[C@@H](C(C)(C)CO)N4C(=O)[C@@H](CC(=O)N5CCC(C(=O)O)CC5)OC2=C34)c1OC. The smallest absolute Gasteiger partial charge is 0.306 e. The van der Waals surface area contributed by atoms with Gasteiger partial charge in [-0.2, -0.15) is 0 Å². The van der Waals surface area contributed by atoms with Gasteiger partial charge in [0, 0.05) is 29.6 Å². The summed E-state index contributed by atoms with van der Waals surface area (Å²) in [4.78, 5) is 42.5. The predicted molar refractivity (Wildman–Crippen MR) is 155 cm³/mol. The number of nitrogens with zero attached hydrogens (tertiary/aromatic N) is 2. The molecule has 5 rings (SSSR count). The first kappa shape index (κ1) is 30.5. The normalized spacial score (nSPS) is 24.2. The second-order valence-electron chi connectivity index (χ2n) is 12.2. The summed E-state index contributed by atoms with van der Waals surface area (Å²) >= 11 is 0. The van der Waals surface area contributed by atoms with Crippen molar-refractivity contribution in [3.05, 3.63) is 58.7 Å². The van der Waals surface area contributed by atoms with Crippen molar-refractivity contribution in [2.24, 2.45) is 11.3 Å². The molecular weight excluding hydrogens is 556 g/mol. The topological polar surface area (TPSA) is 135 Å². The zero-order chi connectivity index (χ0) is 31.1. The number of aliphatic hydroxyl groups excluding tert-OH is 1. The van der Waals surface area contributed by atoms with E-state index in [1.807, 2.05) is 39.0 Å². The monoisotopic (exact) mass is 596 g/mol. The summed E-state index contributed by atoms with van der Waals surface area (Å²) in [5.41, 5.74) is 2.13. The summed E-state index contributed by atoms with van der Waals surface area (Å²) in [5.74, 6) is -0.932. The Hall–Kier alpha value is -3.99. The van der Waals surface area contributed by atoms with Gasteiger partial charge in [-0.05, 0) is 31.4 Å². The van der Waals surface area contributed by atoms with E-state index in [4.69, 9.17) is 18.9 Å². The van der Waals surface area contributed by atoms with Gasteiger partial charge in [0.25, 0.3) is 5.91 Å². The van der Waals surface area contributed by atoms with Gasteiger partial charge in [0.2, 0.25) is 5.91 Å². The number of rotatable bonds is 8. The van der Waals surface area contributed by atoms with E-state index in [9.17, 15) is 24.6 Å². The molecule has 1 saturated heterocycles. The molecule has 2 amide bonds. The van der Waals surface area contributed by atoms with Gasteiger partial charge in [-0.1, -0.05) is 32.1 Å². The second kappa shape index (κ2) is 11.9. The number of carbonyl (C=O) groups is 3. The van der Waals surface area contributed by atoms with Crippen LogP contribution < -0.4 is 9.47 Å². The third-order valence-corrected chi connectivity index (χ3v) is 9.04. The Labute approximate surface area is 251 Å². The van der Waals surface area contributed by atoms with Crippen molar-refractivity contribution in [1.29, 1.82) is 0 Å². The molecule has 0 spiro atoms. The van der Waals surface area contributed by atoms with E-state index in [-0.39, 0.29) is 31.4 Å². The molecule has 4 aliphatic rings. The lowest BCUT2D eigenvalue weighted by Gasteiger charge is -2.47. The van der Waals surface area contributed by atoms with Crippen LogP contribution in [0.1, 0.15) is 51.5 Å². The summed E-state index contributed by atoms with van der Waals surface area (Å²) in [7, 11) is 3.13. The fourth-order valence-corrected chi connectivity index (χ4v) is 6.35. The number of carboxylic acid groups (broad SMARTS) is 1. The van der Waals surface area contributed by atoms with E-state index >= 15 is 0 Å². The van der Waals surface area contributed by atoms with Gasteiger partial charge in [-0.3, -0.25) is 19.3 Å². The van der Waals surface area contributed by atoms with Gasteiger partial charge in [0.15, 0.2) is 17.6 Å². The molecule has 1 aromatic rings. The number of aliphatic carboxylic acids is 1. The van der Waals surface area contributed by atoms with Crippen LogP contribution in [0.2, 0.25) is 0 Å². The minimum Gasteiger partial charge on any atom is -0.498 e. The number of amides is 2. The van der Waals surface area contributed by atoms with Gasteiger partial charge >= 0.3 is 5.97 Å². The molecule has 11 heteroatoms. The Balaban J connectivity index is 1.58. The maximum Gasteiger partial charge on any atom is 0.306 e. The van der Waals surface area contributed by atoms with E-state index in [1.165, 1.54) is 0 Å². The standard InChI is InChI=1S/C32H40N2O9/c1-18-13-21(20-7-6-8-23(40-4)28(20)41-5)29-27-22(18)15-42-16-25(32(2,3)17-35)34(27)30(37)24(43-29)14-26(36)33-11-9-19(10-12-33)31(38)39/h6-8,13,15,19,21,24-25,35H,9-12,14,16-17H2,1-5H3,(H,38,39)/t21-,24+,25-/m0/s1. The lowest BCUT2D eigenvalue weighted by atomic mass is 9.80. The molecule has 0 saturated carbocycles. The Kier molecular flexibility index (Phi) is 8.47. The minimum absolute atomic E-state index is 0.142. The van der Waals surface area contributed by atoms with E-state index in [1.54, 1.807) is 36.3 Å². The number of carbonyl (C=O) groups excluding carboxylic acids is 2. The average molecular weight is 597 g/mol. The van der Waals surface area contributed by atoms with Crippen LogP contribution in [0.3, 0.4) is 0 Å². The molecule has 3 aliphatic heterocycles. The quantitative estimate of drug-likeness (QED) is 0.464. The van der Waals surface area contributed by atoms with Crippen LogP contribution in [-0.4, -0.2) is 90.5 Å². The summed E-state index contributed by atoms with van der Waals surface area (Å²) < 4.78 is 23.9. The first-order valence-electron chi connectivity index (χ1n) is 14.6. The van der Waals surface area contributed by atoms with Gasteiger partial charge in [0.1, 0.15) is 12.4 Å². The number of ether oxygens (including phenoxy) is 4.